The number of nitrogens with two attached hydrogens (primary N) is 1. The lowest BCUT2D eigenvalue weighted by molar-refractivity contribution is -0.657. The fourth-order valence-corrected chi connectivity index (χ4v) is 4.98. The van der Waals surface area contributed by atoms with Crippen molar-refractivity contribution in [2.45, 2.75) is 0 Å². The van der Waals surface area contributed by atoms with Gasteiger partial charge in [0, 0.05) is 77.7 Å². The van der Waals surface area contributed by atoms with E-state index in [0.29, 0.717) is 26.2 Å². The van der Waals surface area contributed by atoms with Crippen LogP contribution >= 0.6 is 0 Å². The van der Waals surface area contributed by atoms with E-state index in [0.717, 1.165) is 46.1 Å². The van der Waals surface area contributed by atoms with Gasteiger partial charge in [0.25, 0.3) is 11.4 Å². The zero-order chi connectivity index (χ0) is 41.9. The number of azo groups is 2. The molecule has 6 aromatic rings. The van der Waals surface area contributed by atoms with Crippen molar-refractivity contribution in [3.63, 3.8) is 0 Å². The van der Waals surface area contributed by atoms with Crippen molar-refractivity contribution in [2.75, 3.05) is 49.2 Å². The molecule has 0 aliphatic rings. The SMILES string of the molecule is COc1ccc(N=Nc2n(C)cc[n+]2C)cc1.Cn1cc[n+](C)c1N=Nc1ccc(NCCNc2ccc([N+](=O)[O-])cc2)cc1.NCCNc1ccc([N+](=O)[O-])cc1.[Cl-].[Cl-]. The summed E-state index contributed by atoms with van der Waals surface area (Å²) in [6, 6.07) is 27.8. The lowest BCUT2D eigenvalue weighted by Gasteiger charge is -2.08. The summed E-state index contributed by atoms with van der Waals surface area (Å²) in [5.74, 6) is 2.37. The van der Waals surface area contributed by atoms with Crippen LogP contribution in [0.4, 0.5) is 51.7 Å². The Morgan fingerprint density at radius 2 is 0.950 bits per heavy atom. The molecule has 0 saturated carbocycles. The van der Waals surface area contributed by atoms with E-state index in [4.69, 9.17) is 10.5 Å². The van der Waals surface area contributed by atoms with E-state index < -0.39 is 9.85 Å². The predicted molar refractivity (Wildman–Crippen MR) is 222 cm³/mol. The second-order valence-electron chi connectivity index (χ2n) is 12.5. The largest absolute Gasteiger partial charge is 1.00 e. The van der Waals surface area contributed by atoms with Crippen molar-refractivity contribution >= 4 is 51.7 Å². The molecule has 0 bridgehead atoms. The molecule has 0 fully saturated rings. The van der Waals surface area contributed by atoms with Gasteiger partial charge in [-0.3, -0.25) is 20.2 Å². The molecule has 0 unspecified atom stereocenters. The number of hydrogen-bond acceptors (Lipinski definition) is 13. The number of benzene rings is 4. The normalized spacial score (nSPS) is 10.3. The molecular weight excluding hydrogens is 815 g/mol. The van der Waals surface area contributed by atoms with E-state index in [1.165, 1.54) is 24.3 Å². The smallest absolute Gasteiger partial charge is 0.421 e. The van der Waals surface area contributed by atoms with Gasteiger partial charge in [0.2, 0.25) is 0 Å². The Morgan fingerprint density at radius 1 is 0.600 bits per heavy atom. The van der Waals surface area contributed by atoms with E-state index in [9.17, 15) is 20.2 Å². The summed E-state index contributed by atoms with van der Waals surface area (Å²) in [6.07, 6.45) is 7.71. The quantitative estimate of drug-likeness (QED) is 0.0379. The molecular formula is C39H48Cl2N14O5. The number of non-ortho nitro benzene ring substituents is 2. The summed E-state index contributed by atoms with van der Waals surface area (Å²) in [4.78, 5) is 20.1. The summed E-state index contributed by atoms with van der Waals surface area (Å²) in [6.45, 7) is 2.59. The predicted octanol–water partition coefficient (Wildman–Crippen LogP) is 0.944. The van der Waals surface area contributed by atoms with Crippen molar-refractivity contribution in [2.24, 2.45) is 54.4 Å². The number of methoxy groups -OCH3 is 1. The van der Waals surface area contributed by atoms with Crippen LogP contribution in [0.5, 0.6) is 5.75 Å². The van der Waals surface area contributed by atoms with Gasteiger partial charge in [0.05, 0.1) is 69.9 Å². The molecule has 318 valence electrons. The Bertz CT molecular complexity index is 2230. The monoisotopic (exact) mass is 862 g/mol. The number of aryl methyl sites for hydroxylation is 4. The third-order valence-electron chi connectivity index (χ3n) is 8.15. The van der Waals surface area contributed by atoms with Crippen LogP contribution in [-0.4, -0.2) is 52.3 Å². The van der Waals surface area contributed by atoms with Gasteiger partial charge >= 0.3 is 11.9 Å². The minimum atomic E-state index is -0.424. The summed E-state index contributed by atoms with van der Waals surface area (Å²) in [5, 5.41) is 47.4. The molecule has 60 heavy (non-hydrogen) atoms. The molecule has 0 saturated heterocycles. The first-order chi connectivity index (χ1) is 28.0. The van der Waals surface area contributed by atoms with E-state index >= 15 is 0 Å². The van der Waals surface area contributed by atoms with Crippen LogP contribution in [0.1, 0.15) is 0 Å². The third kappa shape index (κ3) is 15.8. The summed E-state index contributed by atoms with van der Waals surface area (Å²) in [7, 11) is 9.35. The van der Waals surface area contributed by atoms with Gasteiger partial charge in [-0.05, 0) is 72.8 Å². The molecule has 19 nitrogen and oxygen atoms in total. The molecule has 21 heteroatoms. The van der Waals surface area contributed by atoms with Gasteiger partial charge in [-0.2, -0.15) is 0 Å². The van der Waals surface area contributed by atoms with Crippen LogP contribution in [-0.2, 0) is 28.2 Å². The van der Waals surface area contributed by atoms with Crippen LogP contribution in [0.2, 0.25) is 0 Å². The highest BCUT2D eigenvalue weighted by molar-refractivity contribution is 5.52. The van der Waals surface area contributed by atoms with Gasteiger partial charge in [0.15, 0.2) is 0 Å². The standard InChI is InChI=1S/C19H21N7O2.C12H15N4O.C8H11N3O2.2ClH/c1-24-13-14-25(2)19(24)23-22-17-5-3-15(4-6-17)20-11-12-21-16-7-9-18(10-8-16)26(27)28;1-15-8-9-16(2)12(15)14-13-10-4-6-11(17-3)7-5-10;9-5-6-10-7-1-3-8(4-2-7)11(12)13;;/h3-10,13-14,21H,11-12H2,1-2H3;4-9H,1-3H3;1-4,10H,5-6,9H2;2*1H/q;+1;;;/p-1. The van der Waals surface area contributed by atoms with Crippen LogP contribution in [0.15, 0.2) is 142 Å². The fraction of sp³-hybridized carbons (Fsp3) is 0.231. The molecule has 2 aromatic heterocycles. The molecule has 4 aromatic carbocycles. The second-order valence-corrected chi connectivity index (χ2v) is 12.5. The Morgan fingerprint density at radius 3 is 1.27 bits per heavy atom. The number of imidazole rings is 2. The number of aromatic nitrogens is 4. The Balaban J connectivity index is 0.000000332. The molecule has 5 N–H and O–H groups in total. The van der Waals surface area contributed by atoms with Gasteiger partial charge < -0.3 is 51.2 Å². The maximum absolute atomic E-state index is 10.6. The van der Waals surface area contributed by atoms with Crippen molar-refractivity contribution in [3.05, 3.63) is 142 Å². The van der Waals surface area contributed by atoms with Gasteiger partial charge in [-0.15, -0.1) is 0 Å². The van der Waals surface area contributed by atoms with E-state index in [1.807, 2.05) is 120 Å². The van der Waals surface area contributed by atoms with E-state index in [-0.39, 0.29) is 36.2 Å². The summed E-state index contributed by atoms with van der Waals surface area (Å²) < 4.78 is 12.7. The second kappa shape index (κ2) is 25.4. The maximum Gasteiger partial charge on any atom is 0.421 e. The highest BCUT2D eigenvalue weighted by Gasteiger charge is 2.11. The van der Waals surface area contributed by atoms with Crippen molar-refractivity contribution in [1.82, 2.24) is 9.13 Å². The Hall–Kier alpha value is -6.96. The van der Waals surface area contributed by atoms with Crippen molar-refractivity contribution in [3.8, 4) is 5.75 Å². The fourth-order valence-electron chi connectivity index (χ4n) is 4.98. The number of nitro benzene ring substituents is 2. The van der Waals surface area contributed by atoms with Crippen molar-refractivity contribution < 1.29 is 48.5 Å². The molecule has 0 amide bonds. The number of hydrogen-bond donors (Lipinski definition) is 4. The van der Waals surface area contributed by atoms with Crippen LogP contribution in [0.25, 0.3) is 0 Å². The molecule has 6 rings (SSSR count). The highest BCUT2D eigenvalue weighted by Crippen LogP contribution is 2.21. The molecule has 0 atom stereocenters. The lowest BCUT2D eigenvalue weighted by Crippen LogP contribution is -3.00. The van der Waals surface area contributed by atoms with Crippen LogP contribution in [0.3, 0.4) is 0 Å². The number of nitro groups is 2. The number of nitrogens with one attached hydrogen (secondary N) is 3. The summed E-state index contributed by atoms with van der Waals surface area (Å²) in [5.41, 5.74) is 9.70. The minimum Gasteiger partial charge on any atom is -1.00 e. The molecule has 0 radical (unpaired) electrons. The lowest BCUT2D eigenvalue weighted by atomic mass is 10.3. The van der Waals surface area contributed by atoms with Crippen LogP contribution in [0, 0.1) is 20.2 Å². The topological polar surface area (TPSA) is 225 Å². The first kappa shape index (κ1) is 49.2. The van der Waals surface area contributed by atoms with E-state index in [1.54, 1.807) is 31.4 Å². The maximum atomic E-state index is 10.6. The highest BCUT2D eigenvalue weighted by atomic mass is 35.5. The zero-order valence-electron chi connectivity index (χ0n) is 33.7. The first-order valence-corrected chi connectivity index (χ1v) is 18.0. The average Bonchev–Trinajstić information content (AvgIpc) is 3.74. The average molecular weight is 864 g/mol. The minimum absolute atomic E-state index is 0. The molecule has 0 aliphatic heterocycles. The molecule has 2 heterocycles. The zero-order valence-corrected chi connectivity index (χ0v) is 35.2. The van der Waals surface area contributed by atoms with Gasteiger partial charge in [0.1, 0.15) is 17.1 Å². The Labute approximate surface area is 359 Å². The third-order valence-corrected chi connectivity index (χ3v) is 8.15. The number of ether oxygens (including phenoxy) is 1. The number of nitrogens with zero attached hydrogens (tertiary/aromatic N) is 10. The summed E-state index contributed by atoms with van der Waals surface area (Å²) >= 11 is 0. The molecule has 0 spiro atoms. The number of anilines is 3. The van der Waals surface area contributed by atoms with Gasteiger partial charge in [-0.1, -0.05) is 10.2 Å². The number of halogens is 2. The first-order valence-electron chi connectivity index (χ1n) is 18.0. The molecule has 0 aliphatic carbocycles. The Kier molecular flexibility index (Phi) is 20.8. The van der Waals surface area contributed by atoms with Crippen molar-refractivity contribution in [1.29, 1.82) is 0 Å². The van der Waals surface area contributed by atoms with Gasteiger partial charge in [-0.25, -0.2) is 18.3 Å². The van der Waals surface area contributed by atoms with E-state index in [2.05, 4.69) is 36.4 Å². The van der Waals surface area contributed by atoms with Crippen LogP contribution < -0.4 is 60.4 Å². The number of rotatable bonds is 15.